The summed E-state index contributed by atoms with van der Waals surface area (Å²) >= 11 is 1.29. The molecule has 0 radical (unpaired) electrons. The molecule has 2 atom stereocenters. The average molecular weight is 483 g/mol. The molecule has 2 saturated heterocycles. The summed E-state index contributed by atoms with van der Waals surface area (Å²) in [6, 6.07) is 4.31. The van der Waals surface area contributed by atoms with Gasteiger partial charge in [-0.05, 0) is 30.2 Å². The molecule has 3 N–H and O–H groups in total. The van der Waals surface area contributed by atoms with Crippen LogP contribution in [-0.4, -0.2) is 63.6 Å². The van der Waals surface area contributed by atoms with Gasteiger partial charge in [-0.3, -0.25) is 14.5 Å². The van der Waals surface area contributed by atoms with Crippen molar-refractivity contribution in [1.82, 2.24) is 4.90 Å². The maximum Gasteiger partial charge on any atom is 0.491 e. The summed E-state index contributed by atoms with van der Waals surface area (Å²) in [6.45, 7) is 0.181. The van der Waals surface area contributed by atoms with Crippen LogP contribution in [0.4, 0.5) is 18.9 Å². The summed E-state index contributed by atoms with van der Waals surface area (Å²) < 4.78 is 41.6. The number of carbonyl (C=O) groups excluding carboxylic acids is 3. The van der Waals surface area contributed by atoms with Crippen molar-refractivity contribution in [2.75, 3.05) is 17.2 Å². The number of carbonyl (C=O) groups is 4. The third-order valence-corrected chi connectivity index (χ3v) is 6.61. The van der Waals surface area contributed by atoms with Gasteiger partial charge < -0.3 is 20.5 Å². The topological polar surface area (TPSA) is 130 Å². The van der Waals surface area contributed by atoms with Crippen molar-refractivity contribution < 1.29 is 42.2 Å². The Hall–Kier alpha value is -3.32. The van der Waals surface area contributed by atoms with Crippen molar-refractivity contribution in [1.29, 1.82) is 0 Å². The molecule has 0 unspecified atom stereocenters. The second-order valence-corrected chi connectivity index (χ2v) is 8.48. The predicted octanol–water partition coefficient (Wildman–Crippen LogP) is 1.40. The number of allylic oxidation sites excluding steroid dienone is 1. The lowest BCUT2D eigenvalue weighted by molar-refractivity contribution is -0.189. The molecule has 2 fully saturated rings. The lowest BCUT2D eigenvalue weighted by Crippen LogP contribution is -2.68. The molecule has 3 aliphatic rings. The lowest BCUT2D eigenvalue weighted by Gasteiger charge is -2.47. The Balaban J connectivity index is 1.57. The van der Waals surface area contributed by atoms with Crippen LogP contribution in [-0.2, 0) is 19.2 Å². The number of thioether (sulfide) groups is 1. The fourth-order valence-corrected chi connectivity index (χ4v) is 4.99. The Morgan fingerprint density at radius 2 is 2.00 bits per heavy atom. The number of aliphatic carboxylic acids is 1. The second-order valence-electron chi connectivity index (χ2n) is 7.38. The van der Waals surface area contributed by atoms with Gasteiger partial charge in [0.25, 0.3) is 5.91 Å². The Labute approximate surface area is 188 Å². The number of rotatable bonds is 4. The van der Waals surface area contributed by atoms with Gasteiger partial charge in [-0.25, -0.2) is 9.59 Å². The van der Waals surface area contributed by atoms with Gasteiger partial charge in [0.05, 0.1) is 0 Å². The third kappa shape index (κ3) is 4.09. The number of β-lactam (4-membered cyclic amide) rings is 1. The van der Waals surface area contributed by atoms with Gasteiger partial charge in [0, 0.05) is 29.6 Å². The smallest absolute Gasteiger partial charge is 0.477 e. The molecule has 3 heterocycles. The summed E-state index contributed by atoms with van der Waals surface area (Å²) in [5.41, 5.74) is 6.29. The number of carboxylic acid groups (broad SMARTS) is 1. The first-order chi connectivity index (χ1) is 15.5. The van der Waals surface area contributed by atoms with Gasteiger partial charge in [-0.15, -0.1) is 11.8 Å². The van der Waals surface area contributed by atoms with Crippen molar-refractivity contribution in [3.8, 4) is 5.75 Å². The minimum Gasteiger partial charge on any atom is -0.477 e. The third-order valence-electron chi connectivity index (χ3n) is 5.29. The number of halogens is 3. The highest BCUT2D eigenvalue weighted by Crippen LogP contribution is 2.40. The van der Waals surface area contributed by atoms with Crippen LogP contribution >= 0.6 is 11.8 Å². The molecule has 0 aromatic heterocycles. The van der Waals surface area contributed by atoms with E-state index in [2.05, 4.69) is 4.74 Å². The molecule has 1 aromatic carbocycles. The van der Waals surface area contributed by atoms with Gasteiger partial charge in [0.2, 0.25) is 5.91 Å². The van der Waals surface area contributed by atoms with E-state index in [1.807, 2.05) is 0 Å². The van der Waals surface area contributed by atoms with E-state index in [0.717, 1.165) is 17.0 Å². The van der Waals surface area contributed by atoms with Gasteiger partial charge in [0.15, 0.2) is 0 Å². The number of hydrogen-bond donors (Lipinski definition) is 2. The standard InChI is InChI=1S/C20H16F3N3O6S/c21-20(22,23)19(31)32-12-3-1-2-11(7-12)25-5-4-9(15(25)27)6-10-8-33-17-13(24)16(28)26(17)14(10)18(29)30/h1-3,6-7,13,17H,4-5,8,24H2,(H,29,30)/b9-6+/t13-,17-/m1/s1. The van der Waals surface area contributed by atoms with Gasteiger partial charge >= 0.3 is 18.1 Å². The van der Waals surface area contributed by atoms with E-state index in [0.29, 0.717) is 5.57 Å². The lowest BCUT2D eigenvalue weighted by atomic mass is 10.0. The maximum atomic E-state index is 12.9. The first-order valence-corrected chi connectivity index (χ1v) is 10.6. The molecule has 174 valence electrons. The van der Waals surface area contributed by atoms with Crippen LogP contribution in [0.25, 0.3) is 0 Å². The number of fused-ring (bicyclic) bond motifs is 1. The zero-order valence-corrected chi connectivity index (χ0v) is 17.5. The number of carboxylic acids is 1. The molecule has 33 heavy (non-hydrogen) atoms. The SMILES string of the molecule is N[C@@H]1C(=O)N2C(C(=O)O)=C(/C=C3\CCN(c4cccc(OC(=O)C(F)(F)F)c4)C3=O)CS[C@H]12. The molecule has 0 aliphatic carbocycles. The summed E-state index contributed by atoms with van der Waals surface area (Å²) in [5, 5.41) is 9.15. The first-order valence-electron chi connectivity index (χ1n) is 9.57. The highest BCUT2D eigenvalue weighted by molar-refractivity contribution is 8.00. The van der Waals surface area contributed by atoms with E-state index < -0.39 is 41.3 Å². The van der Waals surface area contributed by atoms with E-state index in [1.54, 1.807) is 0 Å². The number of hydrogen-bond acceptors (Lipinski definition) is 7. The Morgan fingerprint density at radius 3 is 2.67 bits per heavy atom. The van der Waals surface area contributed by atoms with E-state index in [-0.39, 0.29) is 41.4 Å². The van der Waals surface area contributed by atoms with Crippen molar-refractivity contribution in [2.24, 2.45) is 5.73 Å². The van der Waals surface area contributed by atoms with E-state index in [4.69, 9.17) is 5.73 Å². The molecule has 13 heteroatoms. The van der Waals surface area contributed by atoms with Crippen LogP contribution in [0.2, 0.25) is 0 Å². The fourth-order valence-electron chi connectivity index (χ4n) is 3.74. The second kappa shape index (κ2) is 8.23. The van der Waals surface area contributed by atoms with E-state index >= 15 is 0 Å². The van der Waals surface area contributed by atoms with Crippen LogP contribution < -0.4 is 15.4 Å². The van der Waals surface area contributed by atoms with Crippen LogP contribution in [0.15, 0.2) is 47.2 Å². The Kier molecular flexibility index (Phi) is 5.70. The number of amides is 2. The fraction of sp³-hybridized carbons (Fsp3) is 0.300. The number of alkyl halides is 3. The molecular weight excluding hydrogens is 467 g/mol. The number of anilines is 1. The van der Waals surface area contributed by atoms with Crippen molar-refractivity contribution in [3.05, 3.63) is 47.2 Å². The molecule has 4 rings (SSSR count). The number of benzene rings is 1. The predicted molar refractivity (Wildman–Crippen MR) is 109 cm³/mol. The van der Waals surface area contributed by atoms with Crippen molar-refractivity contribution in [3.63, 3.8) is 0 Å². The number of esters is 1. The summed E-state index contributed by atoms with van der Waals surface area (Å²) in [6.07, 6.45) is -3.49. The summed E-state index contributed by atoms with van der Waals surface area (Å²) in [5.74, 6) is -4.82. The minimum absolute atomic E-state index is 0.181. The molecule has 3 aliphatic heterocycles. The van der Waals surface area contributed by atoms with Gasteiger partial charge in [-0.2, -0.15) is 13.2 Å². The quantitative estimate of drug-likeness (QED) is 0.285. The summed E-state index contributed by atoms with van der Waals surface area (Å²) in [7, 11) is 0. The van der Waals surface area contributed by atoms with Gasteiger partial charge in [-0.1, -0.05) is 6.07 Å². The Bertz CT molecular complexity index is 1130. The van der Waals surface area contributed by atoms with Crippen molar-refractivity contribution >= 4 is 41.2 Å². The van der Waals surface area contributed by atoms with Crippen LogP contribution in [0, 0.1) is 0 Å². The molecule has 0 bridgehead atoms. The Morgan fingerprint density at radius 1 is 1.27 bits per heavy atom. The molecule has 9 nitrogen and oxygen atoms in total. The van der Waals surface area contributed by atoms with E-state index in [9.17, 15) is 37.5 Å². The number of nitrogens with two attached hydrogens (primary N) is 1. The normalized spacial score (nSPS) is 24.2. The van der Waals surface area contributed by atoms with Gasteiger partial charge in [0.1, 0.15) is 22.9 Å². The number of ether oxygens (including phenoxy) is 1. The summed E-state index contributed by atoms with van der Waals surface area (Å²) in [4.78, 5) is 50.2. The zero-order valence-electron chi connectivity index (χ0n) is 16.7. The molecule has 2 amide bonds. The molecular formula is C20H16F3N3O6S. The minimum atomic E-state index is -5.16. The molecule has 0 spiro atoms. The molecule has 1 aromatic rings. The highest BCUT2D eigenvalue weighted by atomic mass is 32.2. The van der Waals surface area contributed by atoms with Crippen LogP contribution in [0.5, 0.6) is 5.75 Å². The largest absolute Gasteiger partial charge is 0.491 e. The number of nitrogens with zero attached hydrogens (tertiary/aromatic N) is 2. The maximum absolute atomic E-state index is 12.9. The monoisotopic (exact) mass is 483 g/mol. The van der Waals surface area contributed by atoms with Crippen LogP contribution in [0.3, 0.4) is 0 Å². The van der Waals surface area contributed by atoms with E-state index in [1.165, 1.54) is 34.9 Å². The van der Waals surface area contributed by atoms with Crippen molar-refractivity contribution in [2.45, 2.75) is 24.0 Å². The van der Waals surface area contributed by atoms with Crippen LogP contribution in [0.1, 0.15) is 6.42 Å². The first kappa shape index (κ1) is 22.9. The molecule has 0 saturated carbocycles. The zero-order chi connectivity index (χ0) is 24.1. The average Bonchev–Trinajstić information content (AvgIpc) is 3.12. The highest BCUT2D eigenvalue weighted by Gasteiger charge is 2.51.